The van der Waals surface area contributed by atoms with E-state index in [0.717, 1.165) is 0 Å². The van der Waals surface area contributed by atoms with Gasteiger partial charge in [-0.15, -0.1) is 0 Å². The van der Waals surface area contributed by atoms with Crippen LogP contribution in [-0.4, -0.2) is 35.6 Å². The lowest BCUT2D eigenvalue weighted by molar-refractivity contribution is -0.185. The quantitative estimate of drug-likeness (QED) is 0.693. The summed E-state index contributed by atoms with van der Waals surface area (Å²) in [5.41, 5.74) is 4.84. The van der Waals surface area contributed by atoms with Crippen LogP contribution in [-0.2, 0) is 14.3 Å². The molecule has 1 aliphatic heterocycles. The third-order valence-corrected chi connectivity index (χ3v) is 3.30. The second-order valence-electron chi connectivity index (χ2n) is 4.95. The largest absolute Gasteiger partial charge is 0.481 e. The molecule has 5 heteroatoms. The Bertz CT molecular complexity index is 283. The summed E-state index contributed by atoms with van der Waals surface area (Å²) in [4.78, 5) is 11.3. The van der Waals surface area contributed by atoms with Gasteiger partial charge in [0, 0.05) is 6.04 Å². The van der Waals surface area contributed by atoms with Crippen molar-refractivity contribution in [3.63, 3.8) is 0 Å². The molecule has 2 aliphatic rings. The van der Waals surface area contributed by atoms with E-state index in [2.05, 4.69) is 0 Å². The fraction of sp³-hybridized carbons (Fsp3) is 0.900. The molecule has 0 bridgehead atoms. The van der Waals surface area contributed by atoms with Crippen molar-refractivity contribution in [1.29, 1.82) is 0 Å². The van der Waals surface area contributed by atoms with E-state index in [1.54, 1.807) is 13.8 Å². The summed E-state index contributed by atoms with van der Waals surface area (Å²) >= 11 is 0. The van der Waals surface area contributed by atoms with E-state index in [0.29, 0.717) is 19.4 Å². The van der Waals surface area contributed by atoms with Crippen molar-refractivity contribution >= 4 is 5.97 Å². The molecule has 1 saturated carbocycles. The van der Waals surface area contributed by atoms with Crippen molar-refractivity contribution < 1.29 is 19.4 Å². The molecule has 86 valence electrons. The van der Waals surface area contributed by atoms with Crippen molar-refractivity contribution in [2.45, 2.75) is 44.6 Å². The predicted molar refractivity (Wildman–Crippen MR) is 52.2 cm³/mol. The molecular weight excluding hydrogens is 198 g/mol. The first-order valence-corrected chi connectivity index (χ1v) is 5.16. The van der Waals surface area contributed by atoms with Crippen molar-refractivity contribution in [2.75, 3.05) is 6.61 Å². The summed E-state index contributed by atoms with van der Waals surface area (Å²) in [6.07, 6.45) is 0.587. The summed E-state index contributed by atoms with van der Waals surface area (Å²) in [7, 11) is 0. The summed E-state index contributed by atoms with van der Waals surface area (Å²) in [5.74, 6) is -1.50. The lowest BCUT2D eigenvalue weighted by atomic mass is 9.62. The van der Waals surface area contributed by atoms with E-state index in [-0.39, 0.29) is 12.1 Å². The van der Waals surface area contributed by atoms with E-state index in [1.807, 2.05) is 0 Å². The van der Waals surface area contributed by atoms with Crippen molar-refractivity contribution in [1.82, 2.24) is 0 Å². The fourth-order valence-corrected chi connectivity index (χ4v) is 2.41. The van der Waals surface area contributed by atoms with Crippen LogP contribution >= 0.6 is 0 Å². The van der Waals surface area contributed by atoms with Gasteiger partial charge in [-0.3, -0.25) is 4.79 Å². The smallest absolute Gasteiger partial charge is 0.312 e. The van der Waals surface area contributed by atoms with Gasteiger partial charge in [0.05, 0.1) is 12.0 Å². The van der Waals surface area contributed by atoms with Crippen molar-refractivity contribution in [3.05, 3.63) is 0 Å². The molecular formula is C10H17NO4. The fourth-order valence-electron chi connectivity index (χ4n) is 2.41. The Balaban J connectivity index is 2.12. The van der Waals surface area contributed by atoms with Gasteiger partial charge < -0.3 is 20.3 Å². The zero-order valence-corrected chi connectivity index (χ0v) is 9.03. The van der Waals surface area contributed by atoms with E-state index in [4.69, 9.17) is 15.2 Å². The van der Waals surface area contributed by atoms with Crippen LogP contribution in [0.4, 0.5) is 0 Å². The summed E-state index contributed by atoms with van der Waals surface area (Å²) < 4.78 is 11.0. The molecule has 0 spiro atoms. The van der Waals surface area contributed by atoms with E-state index >= 15 is 0 Å². The summed E-state index contributed by atoms with van der Waals surface area (Å²) in [6.45, 7) is 3.92. The van der Waals surface area contributed by atoms with E-state index < -0.39 is 17.2 Å². The van der Waals surface area contributed by atoms with Gasteiger partial charge in [0.15, 0.2) is 5.79 Å². The molecule has 1 atom stereocenters. The zero-order valence-electron chi connectivity index (χ0n) is 9.03. The van der Waals surface area contributed by atoms with Crippen LogP contribution in [0.3, 0.4) is 0 Å². The van der Waals surface area contributed by atoms with Gasteiger partial charge in [0.1, 0.15) is 6.10 Å². The van der Waals surface area contributed by atoms with Crippen LogP contribution in [0.2, 0.25) is 0 Å². The molecule has 5 nitrogen and oxygen atoms in total. The van der Waals surface area contributed by atoms with Crippen LogP contribution in [0.1, 0.15) is 26.7 Å². The second-order valence-corrected chi connectivity index (χ2v) is 4.95. The van der Waals surface area contributed by atoms with E-state index in [9.17, 15) is 9.90 Å². The maximum absolute atomic E-state index is 11.3. The molecule has 2 rings (SSSR count). The van der Waals surface area contributed by atoms with Gasteiger partial charge in [-0.2, -0.15) is 0 Å². The minimum atomic E-state index is -0.826. The first-order valence-electron chi connectivity index (χ1n) is 5.16. The maximum atomic E-state index is 11.3. The molecule has 2 fully saturated rings. The van der Waals surface area contributed by atoms with Gasteiger partial charge in [-0.05, 0) is 26.7 Å². The Hall–Kier alpha value is -0.650. The molecule has 1 saturated heterocycles. The topological polar surface area (TPSA) is 81.8 Å². The summed E-state index contributed by atoms with van der Waals surface area (Å²) in [5, 5.41) is 9.24. The molecule has 1 aliphatic carbocycles. The molecule has 3 N–H and O–H groups in total. The Morgan fingerprint density at radius 3 is 2.40 bits per heavy atom. The van der Waals surface area contributed by atoms with E-state index in [1.165, 1.54) is 0 Å². The monoisotopic (exact) mass is 215 g/mol. The zero-order chi connectivity index (χ0) is 11.3. The molecule has 15 heavy (non-hydrogen) atoms. The Morgan fingerprint density at radius 1 is 1.47 bits per heavy atom. The average molecular weight is 215 g/mol. The Morgan fingerprint density at radius 2 is 2.07 bits per heavy atom. The molecule has 0 radical (unpaired) electrons. The average Bonchev–Trinajstić information content (AvgIpc) is 2.39. The minimum absolute atomic E-state index is 0.0200. The number of nitrogens with two attached hydrogens (primary N) is 1. The Kier molecular flexibility index (Phi) is 2.29. The highest BCUT2D eigenvalue weighted by molar-refractivity contribution is 5.77. The maximum Gasteiger partial charge on any atom is 0.312 e. The first kappa shape index (κ1) is 10.9. The van der Waals surface area contributed by atoms with Gasteiger partial charge >= 0.3 is 5.97 Å². The van der Waals surface area contributed by atoms with Gasteiger partial charge in [0.2, 0.25) is 0 Å². The lowest BCUT2D eigenvalue weighted by Gasteiger charge is -2.45. The van der Waals surface area contributed by atoms with Crippen LogP contribution < -0.4 is 5.73 Å². The van der Waals surface area contributed by atoms with Crippen LogP contribution in [0.15, 0.2) is 0 Å². The standard InChI is InChI=1S/C10H17NO4/c1-9(2)14-5-7(15-9)10(8(12)13)3-6(11)4-10/h6-7H,3-5,11H2,1-2H3,(H,12,13). The number of carboxylic acid groups (broad SMARTS) is 1. The first-order chi connectivity index (χ1) is 6.86. The molecule has 1 heterocycles. The second kappa shape index (κ2) is 3.17. The SMILES string of the molecule is CC1(C)OCC(C2(C(=O)O)CC(N)C2)O1. The number of hydrogen-bond donors (Lipinski definition) is 2. The Labute approximate surface area is 88.5 Å². The number of rotatable bonds is 2. The van der Waals surface area contributed by atoms with Gasteiger partial charge in [-0.1, -0.05) is 0 Å². The number of carboxylic acids is 1. The lowest BCUT2D eigenvalue weighted by Crippen LogP contribution is -2.58. The number of ether oxygens (including phenoxy) is 2. The number of aliphatic carboxylic acids is 1. The van der Waals surface area contributed by atoms with Gasteiger partial charge in [0.25, 0.3) is 0 Å². The highest BCUT2D eigenvalue weighted by atomic mass is 16.7. The van der Waals surface area contributed by atoms with Gasteiger partial charge in [-0.25, -0.2) is 0 Å². The molecule has 0 amide bonds. The third-order valence-electron chi connectivity index (χ3n) is 3.30. The van der Waals surface area contributed by atoms with Crippen LogP contribution in [0.5, 0.6) is 0 Å². The van der Waals surface area contributed by atoms with Crippen molar-refractivity contribution in [3.8, 4) is 0 Å². The molecule has 0 aromatic carbocycles. The van der Waals surface area contributed by atoms with Crippen molar-refractivity contribution in [2.24, 2.45) is 11.1 Å². The minimum Gasteiger partial charge on any atom is -0.481 e. The molecule has 1 unspecified atom stereocenters. The highest BCUT2D eigenvalue weighted by Gasteiger charge is 2.58. The van der Waals surface area contributed by atoms with Crippen LogP contribution in [0.25, 0.3) is 0 Å². The number of hydrogen-bond acceptors (Lipinski definition) is 4. The molecule has 0 aromatic rings. The summed E-state index contributed by atoms with van der Waals surface area (Å²) in [6, 6.07) is -0.0200. The normalized spacial score (nSPS) is 43.7. The third kappa shape index (κ3) is 1.64. The predicted octanol–water partition coefficient (Wildman–Crippen LogP) is 0.330. The highest BCUT2D eigenvalue weighted by Crippen LogP contribution is 2.48. The molecule has 0 aromatic heterocycles. The van der Waals surface area contributed by atoms with Crippen LogP contribution in [0, 0.1) is 5.41 Å². The number of carbonyl (C=O) groups is 1.